The third kappa shape index (κ3) is 4.93. The van der Waals surface area contributed by atoms with E-state index in [9.17, 15) is 9.59 Å². The molecule has 0 spiro atoms. The summed E-state index contributed by atoms with van der Waals surface area (Å²) in [6.07, 6.45) is 0. The SMILES string of the molecule is CN(C)C(=O)CSc1ccccc1C(=O)Nc1nnc(-c2ccccc2)s1. The van der Waals surface area contributed by atoms with Crippen LogP contribution in [0.2, 0.25) is 0 Å². The van der Waals surface area contributed by atoms with Crippen molar-refractivity contribution in [2.75, 3.05) is 25.2 Å². The van der Waals surface area contributed by atoms with Crippen molar-refractivity contribution in [1.29, 1.82) is 0 Å². The molecule has 2 amide bonds. The summed E-state index contributed by atoms with van der Waals surface area (Å²) in [7, 11) is 3.42. The Kier molecular flexibility index (Phi) is 6.20. The zero-order chi connectivity index (χ0) is 19.2. The summed E-state index contributed by atoms with van der Waals surface area (Å²) in [5, 5.41) is 12.2. The summed E-state index contributed by atoms with van der Waals surface area (Å²) in [6, 6.07) is 16.9. The van der Waals surface area contributed by atoms with Crippen molar-refractivity contribution < 1.29 is 9.59 Å². The van der Waals surface area contributed by atoms with Crippen molar-refractivity contribution in [1.82, 2.24) is 15.1 Å². The van der Waals surface area contributed by atoms with E-state index in [0.717, 1.165) is 15.5 Å². The van der Waals surface area contributed by atoms with Gasteiger partial charge in [-0.2, -0.15) is 0 Å². The van der Waals surface area contributed by atoms with Crippen LogP contribution in [0, 0.1) is 0 Å². The minimum Gasteiger partial charge on any atom is -0.348 e. The van der Waals surface area contributed by atoms with Crippen LogP contribution in [0.5, 0.6) is 0 Å². The minimum atomic E-state index is -0.272. The number of carbonyl (C=O) groups is 2. The van der Waals surface area contributed by atoms with Crippen LogP contribution in [0.4, 0.5) is 5.13 Å². The zero-order valence-electron chi connectivity index (χ0n) is 14.9. The highest BCUT2D eigenvalue weighted by Crippen LogP contribution is 2.28. The van der Waals surface area contributed by atoms with E-state index in [1.807, 2.05) is 42.5 Å². The van der Waals surface area contributed by atoms with E-state index in [2.05, 4.69) is 15.5 Å². The van der Waals surface area contributed by atoms with Crippen LogP contribution in [0.15, 0.2) is 59.5 Å². The third-order valence-corrected chi connectivity index (χ3v) is 5.59. The molecule has 0 saturated heterocycles. The largest absolute Gasteiger partial charge is 0.348 e. The maximum absolute atomic E-state index is 12.7. The predicted molar refractivity (Wildman–Crippen MR) is 109 cm³/mol. The second-order valence-electron chi connectivity index (χ2n) is 5.81. The lowest BCUT2D eigenvalue weighted by Gasteiger charge is -2.11. The molecule has 0 radical (unpaired) electrons. The third-order valence-electron chi connectivity index (χ3n) is 3.65. The molecule has 0 unspecified atom stereocenters. The average molecular weight is 399 g/mol. The van der Waals surface area contributed by atoms with Crippen molar-refractivity contribution in [3.05, 3.63) is 60.2 Å². The molecule has 3 rings (SSSR count). The first kappa shape index (κ1) is 19.1. The van der Waals surface area contributed by atoms with Crippen molar-refractivity contribution in [2.45, 2.75) is 4.90 Å². The molecule has 0 aliphatic rings. The number of hydrogen-bond donors (Lipinski definition) is 1. The molecule has 0 aliphatic carbocycles. The number of carbonyl (C=O) groups excluding carboxylic acids is 2. The molecule has 3 aromatic rings. The Morgan fingerprint density at radius 3 is 2.48 bits per heavy atom. The number of thioether (sulfide) groups is 1. The molecule has 1 heterocycles. The number of nitrogens with zero attached hydrogens (tertiary/aromatic N) is 3. The molecule has 6 nitrogen and oxygen atoms in total. The first-order chi connectivity index (χ1) is 13.0. The van der Waals surface area contributed by atoms with Gasteiger partial charge in [-0.05, 0) is 12.1 Å². The lowest BCUT2D eigenvalue weighted by molar-refractivity contribution is -0.125. The molecule has 1 aromatic heterocycles. The highest BCUT2D eigenvalue weighted by atomic mass is 32.2. The Labute approximate surface area is 165 Å². The highest BCUT2D eigenvalue weighted by molar-refractivity contribution is 8.00. The smallest absolute Gasteiger partial charge is 0.258 e. The second-order valence-corrected chi connectivity index (χ2v) is 7.80. The molecule has 1 N–H and O–H groups in total. The van der Waals surface area contributed by atoms with E-state index in [4.69, 9.17) is 0 Å². The van der Waals surface area contributed by atoms with Crippen LogP contribution in [0.1, 0.15) is 10.4 Å². The maximum atomic E-state index is 12.7. The molecule has 0 saturated carbocycles. The fourth-order valence-electron chi connectivity index (χ4n) is 2.18. The fourth-order valence-corrected chi connectivity index (χ4v) is 3.96. The number of hydrogen-bond acceptors (Lipinski definition) is 6. The zero-order valence-corrected chi connectivity index (χ0v) is 16.5. The highest BCUT2D eigenvalue weighted by Gasteiger charge is 2.16. The monoisotopic (exact) mass is 398 g/mol. The lowest BCUT2D eigenvalue weighted by Crippen LogP contribution is -2.23. The predicted octanol–water partition coefficient (Wildman–Crippen LogP) is 3.64. The van der Waals surface area contributed by atoms with E-state index in [1.165, 1.54) is 28.0 Å². The van der Waals surface area contributed by atoms with Gasteiger partial charge in [-0.1, -0.05) is 53.8 Å². The Balaban J connectivity index is 1.72. The summed E-state index contributed by atoms with van der Waals surface area (Å²) in [6.45, 7) is 0. The molecular weight excluding hydrogens is 380 g/mol. The van der Waals surface area contributed by atoms with Gasteiger partial charge in [0.05, 0.1) is 11.3 Å². The number of anilines is 1. The minimum absolute atomic E-state index is 0.00756. The molecule has 138 valence electrons. The van der Waals surface area contributed by atoms with Gasteiger partial charge in [-0.15, -0.1) is 22.0 Å². The number of amides is 2. The second kappa shape index (κ2) is 8.79. The van der Waals surface area contributed by atoms with E-state index in [-0.39, 0.29) is 17.6 Å². The summed E-state index contributed by atoms with van der Waals surface area (Å²) in [5.74, 6) is -0.00755. The molecule has 0 aliphatic heterocycles. The van der Waals surface area contributed by atoms with Crippen LogP contribution >= 0.6 is 23.1 Å². The maximum Gasteiger partial charge on any atom is 0.258 e. The van der Waals surface area contributed by atoms with Crippen LogP contribution in [-0.4, -0.2) is 46.8 Å². The first-order valence-electron chi connectivity index (χ1n) is 8.17. The van der Waals surface area contributed by atoms with Gasteiger partial charge < -0.3 is 4.90 Å². The Hall–Kier alpha value is -2.71. The van der Waals surface area contributed by atoms with Crippen molar-refractivity contribution in [2.24, 2.45) is 0 Å². The Morgan fingerprint density at radius 1 is 1.04 bits per heavy atom. The van der Waals surface area contributed by atoms with Crippen molar-refractivity contribution in [3.8, 4) is 10.6 Å². The quantitative estimate of drug-likeness (QED) is 0.642. The standard InChI is InChI=1S/C19H18N4O2S2/c1-23(2)16(24)12-26-15-11-7-6-10-14(15)17(25)20-19-22-21-18(27-19)13-8-4-3-5-9-13/h3-11H,12H2,1-2H3,(H,20,22,25). The van der Waals surface area contributed by atoms with Crippen LogP contribution in [-0.2, 0) is 4.79 Å². The average Bonchev–Trinajstić information content (AvgIpc) is 3.15. The summed E-state index contributed by atoms with van der Waals surface area (Å²) < 4.78 is 0. The van der Waals surface area contributed by atoms with Gasteiger partial charge in [0.25, 0.3) is 5.91 Å². The summed E-state index contributed by atoms with van der Waals surface area (Å²) in [4.78, 5) is 26.8. The van der Waals surface area contributed by atoms with Crippen molar-refractivity contribution in [3.63, 3.8) is 0 Å². The van der Waals surface area contributed by atoms with Gasteiger partial charge >= 0.3 is 0 Å². The fraction of sp³-hybridized carbons (Fsp3) is 0.158. The molecule has 8 heteroatoms. The summed E-state index contributed by atoms with van der Waals surface area (Å²) >= 11 is 2.66. The van der Waals surface area contributed by atoms with E-state index >= 15 is 0 Å². The lowest BCUT2D eigenvalue weighted by atomic mass is 10.2. The molecular formula is C19H18N4O2S2. The van der Waals surface area contributed by atoms with E-state index in [1.54, 1.807) is 26.2 Å². The number of nitrogens with one attached hydrogen (secondary N) is 1. The molecule has 2 aromatic carbocycles. The van der Waals surface area contributed by atoms with Crippen LogP contribution < -0.4 is 5.32 Å². The van der Waals surface area contributed by atoms with E-state index < -0.39 is 0 Å². The number of rotatable bonds is 6. The van der Waals surface area contributed by atoms with Gasteiger partial charge in [0, 0.05) is 24.6 Å². The Bertz CT molecular complexity index is 942. The van der Waals surface area contributed by atoms with E-state index in [0.29, 0.717) is 10.7 Å². The van der Waals surface area contributed by atoms with Crippen LogP contribution in [0.25, 0.3) is 10.6 Å². The van der Waals surface area contributed by atoms with Gasteiger partial charge in [-0.3, -0.25) is 14.9 Å². The first-order valence-corrected chi connectivity index (χ1v) is 9.97. The van der Waals surface area contributed by atoms with Gasteiger partial charge in [0.15, 0.2) is 0 Å². The normalized spacial score (nSPS) is 10.4. The molecule has 27 heavy (non-hydrogen) atoms. The molecule has 0 bridgehead atoms. The van der Waals surface area contributed by atoms with Gasteiger partial charge in [0.2, 0.25) is 11.0 Å². The van der Waals surface area contributed by atoms with Crippen LogP contribution in [0.3, 0.4) is 0 Å². The van der Waals surface area contributed by atoms with Gasteiger partial charge in [-0.25, -0.2) is 0 Å². The Morgan fingerprint density at radius 2 is 1.74 bits per heavy atom. The summed E-state index contributed by atoms with van der Waals surface area (Å²) in [5.41, 5.74) is 1.46. The topological polar surface area (TPSA) is 75.2 Å². The molecule has 0 atom stereocenters. The van der Waals surface area contributed by atoms with Gasteiger partial charge in [0.1, 0.15) is 5.01 Å². The van der Waals surface area contributed by atoms with Crippen molar-refractivity contribution >= 4 is 40.0 Å². The molecule has 0 fully saturated rings. The number of benzene rings is 2. The number of aromatic nitrogens is 2.